The molecule has 1 heterocycles. The maximum atomic E-state index is 11.4. The van der Waals surface area contributed by atoms with Gasteiger partial charge in [0.2, 0.25) is 0 Å². The maximum Gasteiger partial charge on any atom is 0.491 e. The van der Waals surface area contributed by atoms with Crippen molar-refractivity contribution >= 4 is 57.6 Å². The summed E-state index contributed by atoms with van der Waals surface area (Å²) in [5, 5.41) is 0.697. The van der Waals surface area contributed by atoms with E-state index < -0.39 is 18.3 Å². The van der Waals surface area contributed by atoms with E-state index in [1.165, 1.54) is 11.8 Å². The van der Waals surface area contributed by atoms with E-state index in [1.54, 1.807) is 6.92 Å². The lowest BCUT2D eigenvalue weighted by atomic mass is 9.78. The van der Waals surface area contributed by atoms with Gasteiger partial charge in [0.15, 0.2) is 5.12 Å². The third-order valence-corrected chi connectivity index (χ3v) is 6.41. The molecule has 0 atom stereocenters. The van der Waals surface area contributed by atoms with E-state index >= 15 is 0 Å². The van der Waals surface area contributed by atoms with Gasteiger partial charge in [-0.3, -0.25) is 4.79 Å². The molecule has 0 aliphatic carbocycles. The highest BCUT2D eigenvalue weighted by Gasteiger charge is 2.52. The Morgan fingerprint density at radius 1 is 1.29 bits per heavy atom. The molecule has 1 fully saturated rings. The van der Waals surface area contributed by atoms with Gasteiger partial charge >= 0.3 is 7.12 Å². The zero-order chi connectivity index (χ0) is 18.1. The number of halogens is 2. The zero-order valence-corrected chi connectivity index (χ0v) is 17.6. The van der Waals surface area contributed by atoms with E-state index in [1.807, 2.05) is 52.0 Å². The molecule has 1 aliphatic heterocycles. The van der Waals surface area contributed by atoms with Crippen molar-refractivity contribution in [2.75, 3.05) is 5.75 Å². The monoisotopic (exact) mass is 430 g/mol. The van der Waals surface area contributed by atoms with Crippen LogP contribution in [0.25, 0.3) is 6.08 Å². The highest BCUT2D eigenvalue weighted by molar-refractivity contribution is 9.10. The lowest BCUT2D eigenvalue weighted by molar-refractivity contribution is -0.109. The number of benzene rings is 1. The van der Waals surface area contributed by atoms with Crippen LogP contribution in [0.15, 0.2) is 28.1 Å². The first-order valence-electron chi connectivity index (χ1n) is 7.66. The highest BCUT2D eigenvalue weighted by atomic mass is 79.9. The van der Waals surface area contributed by atoms with Gasteiger partial charge in [0.1, 0.15) is 0 Å². The Hall–Kier alpha value is -0.265. The fourth-order valence-corrected chi connectivity index (χ4v) is 3.20. The van der Waals surface area contributed by atoms with Crippen LogP contribution in [-0.4, -0.2) is 29.2 Å². The first kappa shape index (κ1) is 20.1. The molecule has 0 spiro atoms. The molecule has 1 aliphatic rings. The molecule has 7 heteroatoms. The minimum atomic E-state index is -0.482. The second kappa shape index (κ2) is 7.54. The molecule has 0 saturated carbocycles. The van der Waals surface area contributed by atoms with Crippen LogP contribution < -0.4 is 0 Å². The molecule has 130 valence electrons. The Labute approximate surface area is 161 Å². The van der Waals surface area contributed by atoms with Crippen LogP contribution in [0.4, 0.5) is 0 Å². The fourth-order valence-electron chi connectivity index (χ4n) is 2.17. The lowest BCUT2D eigenvalue weighted by Gasteiger charge is -2.32. The Bertz CT molecular complexity index is 660. The van der Waals surface area contributed by atoms with Crippen molar-refractivity contribution in [2.24, 2.45) is 0 Å². The van der Waals surface area contributed by atoms with Crippen molar-refractivity contribution in [3.63, 3.8) is 0 Å². The van der Waals surface area contributed by atoms with E-state index in [2.05, 4.69) is 15.9 Å². The molecule has 0 radical (unpaired) electrons. The SMILES string of the molecule is CC(=O)SCC(=Cc1ccc(Br)c(Cl)c1)B1OC(C)(C)C(C)(C)O1. The number of hydrogen-bond donors (Lipinski definition) is 0. The molecule has 2 rings (SSSR count). The molecule has 24 heavy (non-hydrogen) atoms. The van der Waals surface area contributed by atoms with E-state index in [0.717, 1.165) is 15.5 Å². The Morgan fingerprint density at radius 3 is 2.38 bits per heavy atom. The first-order valence-corrected chi connectivity index (χ1v) is 9.82. The van der Waals surface area contributed by atoms with E-state index in [-0.39, 0.29) is 5.12 Å². The number of carbonyl (C=O) groups is 1. The molecule has 0 amide bonds. The van der Waals surface area contributed by atoms with Crippen LogP contribution in [0.5, 0.6) is 0 Å². The van der Waals surface area contributed by atoms with Crippen molar-refractivity contribution in [1.29, 1.82) is 0 Å². The van der Waals surface area contributed by atoms with Gasteiger partial charge in [0.05, 0.1) is 16.2 Å². The second-order valence-electron chi connectivity index (χ2n) is 6.76. The molecular weight excluding hydrogens is 410 g/mol. The molecule has 0 N–H and O–H groups in total. The Kier molecular flexibility index (Phi) is 6.30. The third kappa shape index (κ3) is 4.67. The summed E-state index contributed by atoms with van der Waals surface area (Å²) in [5.41, 5.74) is 1.01. The second-order valence-corrected chi connectivity index (χ2v) is 9.18. The summed E-state index contributed by atoms with van der Waals surface area (Å²) in [4.78, 5) is 11.4. The third-order valence-electron chi connectivity index (χ3n) is 4.29. The van der Waals surface area contributed by atoms with Crippen molar-refractivity contribution in [3.05, 3.63) is 38.7 Å². The maximum absolute atomic E-state index is 11.4. The van der Waals surface area contributed by atoms with Gasteiger partial charge in [-0.05, 0) is 66.8 Å². The standard InChI is InChI=1S/C17H21BBrClO3S/c1-11(21)24-10-13(8-12-6-7-14(19)15(20)9-12)18-22-16(2,3)17(4,5)23-18/h6-9H,10H2,1-5H3. The van der Waals surface area contributed by atoms with Crippen molar-refractivity contribution < 1.29 is 14.1 Å². The van der Waals surface area contributed by atoms with Gasteiger partial charge in [0, 0.05) is 17.1 Å². The summed E-state index contributed by atoms with van der Waals surface area (Å²) < 4.78 is 13.1. The van der Waals surface area contributed by atoms with Crippen LogP contribution >= 0.6 is 39.3 Å². The van der Waals surface area contributed by atoms with Crippen LogP contribution in [0, 0.1) is 0 Å². The van der Waals surface area contributed by atoms with Crippen LogP contribution in [-0.2, 0) is 14.1 Å². The molecule has 1 aromatic rings. The first-order chi connectivity index (χ1) is 11.0. The summed E-state index contributed by atoms with van der Waals surface area (Å²) >= 11 is 10.8. The molecule has 0 unspecified atom stereocenters. The quantitative estimate of drug-likeness (QED) is 0.598. The summed E-state index contributed by atoms with van der Waals surface area (Å²) in [5.74, 6) is 0.514. The van der Waals surface area contributed by atoms with Gasteiger partial charge in [-0.2, -0.15) is 0 Å². The Balaban J connectivity index is 2.33. The van der Waals surface area contributed by atoms with Gasteiger partial charge in [-0.25, -0.2) is 0 Å². The summed E-state index contributed by atoms with van der Waals surface area (Å²) in [7, 11) is -0.482. The molecule has 0 bridgehead atoms. The minimum absolute atomic E-state index is 0.0613. The number of hydrogen-bond acceptors (Lipinski definition) is 4. The summed E-state index contributed by atoms with van der Waals surface area (Å²) in [6, 6.07) is 5.73. The average Bonchev–Trinajstić information content (AvgIpc) is 2.67. The largest absolute Gasteiger partial charge is 0.491 e. The van der Waals surface area contributed by atoms with Crippen LogP contribution in [0.1, 0.15) is 40.2 Å². The predicted octanol–water partition coefficient (Wildman–Crippen LogP) is 5.40. The molecular formula is C17H21BBrClO3S. The summed E-state index contributed by atoms with van der Waals surface area (Å²) in [6.07, 6.45) is 1.98. The van der Waals surface area contributed by atoms with Gasteiger partial charge in [-0.15, -0.1) is 0 Å². The molecule has 1 aromatic carbocycles. The normalized spacial score (nSPS) is 19.6. The Morgan fingerprint density at radius 2 is 1.88 bits per heavy atom. The van der Waals surface area contributed by atoms with Gasteiger partial charge < -0.3 is 9.31 Å². The van der Waals surface area contributed by atoms with Gasteiger partial charge in [0.25, 0.3) is 0 Å². The summed E-state index contributed by atoms with van der Waals surface area (Å²) in [6.45, 7) is 9.61. The van der Waals surface area contributed by atoms with E-state index in [4.69, 9.17) is 20.9 Å². The van der Waals surface area contributed by atoms with Crippen LogP contribution in [0.3, 0.4) is 0 Å². The van der Waals surface area contributed by atoms with Crippen molar-refractivity contribution in [2.45, 2.75) is 45.8 Å². The smallest absolute Gasteiger partial charge is 0.400 e. The number of carbonyl (C=O) groups excluding carboxylic acids is 1. The molecule has 3 nitrogen and oxygen atoms in total. The lowest BCUT2D eigenvalue weighted by Crippen LogP contribution is -2.41. The predicted molar refractivity (Wildman–Crippen MR) is 106 cm³/mol. The number of rotatable bonds is 4. The van der Waals surface area contributed by atoms with Crippen molar-refractivity contribution in [1.82, 2.24) is 0 Å². The topological polar surface area (TPSA) is 35.5 Å². The number of thioether (sulfide) groups is 1. The van der Waals surface area contributed by atoms with Gasteiger partial charge in [-0.1, -0.05) is 35.5 Å². The van der Waals surface area contributed by atoms with E-state index in [9.17, 15) is 4.79 Å². The van der Waals surface area contributed by atoms with Crippen LogP contribution in [0.2, 0.25) is 5.02 Å². The fraction of sp³-hybridized carbons (Fsp3) is 0.471. The van der Waals surface area contributed by atoms with E-state index in [0.29, 0.717) is 10.8 Å². The minimum Gasteiger partial charge on any atom is -0.400 e. The van der Waals surface area contributed by atoms with Crippen molar-refractivity contribution in [3.8, 4) is 0 Å². The molecule has 1 saturated heterocycles. The average molecular weight is 432 g/mol. The zero-order valence-electron chi connectivity index (χ0n) is 14.5. The highest BCUT2D eigenvalue weighted by Crippen LogP contribution is 2.39. The molecule has 0 aromatic heterocycles.